The second-order valence-corrected chi connectivity index (χ2v) is 8.07. The third-order valence-electron chi connectivity index (χ3n) is 5.65. The predicted octanol–water partition coefficient (Wildman–Crippen LogP) is 3.57. The van der Waals surface area contributed by atoms with Crippen LogP contribution in [-0.2, 0) is 31.9 Å². The summed E-state index contributed by atoms with van der Waals surface area (Å²) in [5.41, 5.74) is 1.74. The molecule has 9 nitrogen and oxygen atoms in total. The van der Waals surface area contributed by atoms with Gasteiger partial charge in [-0.25, -0.2) is 0 Å². The van der Waals surface area contributed by atoms with Crippen LogP contribution in [0.5, 0.6) is 28.7 Å². The number of ether oxygens (including phenoxy) is 6. The lowest BCUT2D eigenvalue weighted by Gasteiger charge is -2.27. The second-order valence-electron chi connectivity index (χ2n) is 8.07. The van der Waals surface area contributed by atoms with E-state index in [0.29, 0.717) is 24.3 Å². The minimum atomic E-state index is -0.409. The molecule has 192 valence electrons. The summed E-state index contributed by atoms with van der Waals surface area (Å²) in [4.78, 5) is 23.3. The van der Waals surface area contributed by atoms with Crippen LogP contribution in [0.4, 0.5) is 0 Å². The molecule has 0 aliphatic heterocycles. The van der Waals surface area contributed by atoms with Crippen LogP contribution in [-0.4, -0.2) is 58.7 Å². The van der Waals surface area contributed by atoms with Crippen LogP contribution in [0.1, 0.15) is 25.0 Å². The van der Waals surface area contributed by atoms with Gasteiger partial charge in [0.15, 0.2) is 23.0 Å². The molecular formula is C26H34O9. The fourth-order valence-electron chi connectivity index (χ4n) is 3.85. The van der Waals surface area contributed by atoms with Gasteiger partial charge in [-0.2, -0.15) is 0 Å². The number of phenolic OH excluding ortho intramolecular Hbond substituents is 1. The van der Waals surface area contributed by atoms with Gasteiger partial charge >= 0.3 is 11.9 Å². The topological polar surface area (TPSA) is 110 Å². The minimum Gasteiger partial charge on any atom is -0.502 e. The zero-order valence-electron chi connectivity index (χ0n) is 21.1. The Hall–Kier alpha value is -3.62. The Kier molecular flexibility index (Phi) is 10.5. The molecule has 2 aromatic carbocycles. The molecule has 0 spiro atoms. The van der Waals surface area contributed by atoms with Crippen LogP contribution in [0.2, 0.25) is 0 Å². The van der Waals surface area contributed by atoms with Crippen molar-refractivity contribution in [3.05, 3.63) is 41.5 Å². The molecule has 9 heteroatoms. The van der Waals surface area contributed by atoms with E-state index in [1.165, 1.54) is 28.1 Å². The summed E-state index contributed by atoms with van der Waals surface area (Å²) in [5.74, 6) is 0.372. The molecule has 2 rings (SSSR count). The highest BCUT2D eigenvalue weighted by Crippen LogP contribution is 2.38. The second kappa shape index (κ2) is 13.3. The first kappa shape index (κ1) is 27.6. The third-order valence-corrected chi connectivity index (χ3v) is 5.65. The Morgan fingerprint density at radius 2 is 1.11 bits per heavy atom. The number of rotatable bonds is 13. The summed E-state index contributed by atoms with van der Waals surface area (Å²) < 4.78 is 32.1. The van der Waals surface area contributed by atoms with Crippen LogP contribution in [0.3, 0.4) is 0 Å². The lowest BCUT2D eigenvalue weighted by atomic mass is 9.83. The predicted molar refractivity (Wildman–Crippen MR) is 128 cm³/mol. The van der Waals surface area contributed by atoms with E-state index >= 15 is 0 Å². The van der Waals surface area contributed by atoms with E-state index in [4.69, 9.17) is 28.4 Å². The van der Waals surface area contributed by atoms with E-state index < -0.39 is 11.9 Å². The van der Waals surface area contributed by atoms with E-state index in [1.54, 1.807) is 26.4 Å². The molecule has 0 bridgehead atoms. The molecule has 0 aliphatic carbocycles. The van der Waals surface area contributed by atoms with Crippen molar-refractivity contribution < 1.29 is 43.1 Å². The summed E-state index contributed by atoms with van der Waals surface area (Å²) >= 11 is 0. The van der Waals surface area contributed by atoms with Crippen molar-refractivity contribution in [2.45, 2.75) is 26.7 Å². The van der Waals surface area contributed by atoms with Crippen LogP contribution >= 0.6 is 0 Å². The summed E-state index contributed by atoms with van der Waals surface area (Å²) in [5, 5.41) is 10.3. The maximum absolute atomic E-state index is 11.6. The molecule has 0 aliphatic rings. The molecule has 0 saturated heterocycles. The number of benzene rings is 2. The minimum absolute atomic E-state index is 0.0999. The number of carbonyl (C=O) groups is 2. The monoisotopic (exact) mass is 490 g/mol. The summed E-state index contributed by atoms with van der Waals surface area (Å²) in [6.07, 6.45) is 0.964. The lowest BCUT2D eigenvalue weighted by molar-refractivity contribution is -0.147. The molecule has 1 N–H and O–H groups in total. The highest BCUT2D eigenvalue weighted by Gasteiger charge is 2.27. The Bertz CT molecular complexity index is 977. The van der Waals surface area contributed by atoms with Gasteiger partial charge in [0.2, 0.25) is 5.75 Å². The average molecular weight is 491 g/mol. The van der Waals surface area contributed by atoms with Crippen molar-refractivity contribution in [2.75, 3.05) is 41.7 Å². The van der Waals surface area contributed by atoms with Crippen LogP contribution in [0.25, 0.3) is 0 Å². The molecule has 0 fully saturated rings. The maximum Gasteiger partial charge on any atom is 0.302 e. The van der Waals surface area contributed by atoms with Crippen molar-refractivity contribution in [3.8, 4) is 28.7 Å². The van der Waals surface area contributed by atoms with Gasteiger partial charge in [0.1, 0.15) is 0 Å². The Morgan fingerprint density at radius 1 is 0.686 bits per heavy atom. The Labute approximate surface area is 205 Å². The number of phenols is 1. The van der Waals surface area contributed by atoms with Gasteiger partial charge in [-0.1, -0.05) is 6.07 Å². The SMILES string of the molecule is COc1ccc(C[C@@H](COC(C)=O)[C@H](COC(C)=O)Cc2cc(OC)c(O)c(OC)c2)cc1OC. The fourth-order valence-corrected chi connectivity index (χ4v) is 3.85. The molecule has 35 heavy (non-hydrogen) atoms. The van der Waals surface area contributed by atoms with Gasteiger partial charge in [0.05, 0.1) is 41.7 Å². The number of aromatic hydroxyl groups is 1. The van der Waals surface area contributed by atoms with E-state index in [2.05, 4.69) is 0 Å². The van der Waals surface area contributed by atoms with Gasteiger partial charge in [0.25, 0.3) is 0 Å². The molecule has 0 amide bonds. The van der Waals surface area contributed by atoms with Gasteiger partial charge in [0, 0.05) is 25.7 Å². The van der Waals surface area contributed by atoms with E-state index in [-0.39, 0.29) is 42.3 Å². The average Bonchev–Trinajstić information content (AvgIpc) is 2.84. The molecule has 0 unspecified atom stereocenters. The third kappa shape index (κ3) is 7.98. The highest BCUT2D eigenvalue weighted by atomic mass is 16.5. The maximum atomic E-state index is 11.6. The number of hydrogen-bond acceptors (Lipinski definition) is 9. The van der Waals surface area contributed by atoms with Crippen molar-refractivity contribution in [2.24, 2.45) is 11.8 Å². The molecule has 0 saturated carbocycles. The van der Waals surface area contributed by atoms with Crippen molar-refractivity contribution >= 4 is 11.9 Å². The highest BCUT2D eigenvalue weighted by molar-refractivity contribution is 5.66. The number of esters is 2. The Morgan fingerprint density at radius 3 is 1.54 bits per heavy atom. The molecular weight excluding hydrogens is 456 g/mol. The number of carbonyl (C=O) groups excluding carboxylic acids is 2. The zero-order valence-corrected chi connectivity index (χ0v) is 21.1. The van der Waals surface area contributed by atoms with Crippen LogP contribution in [0, 0.1) is 11.8 Å². The first-order valence-corrected chi connectivity index (χ1v) is 11.1. The van der Waals surface area contributed by atoms with Gasteiger partial charge in [-0.3, -0.25) is 9.59 Å². The molecule has 0 heterocycles. The molecule has 0 aromatic heterocycles. The van der Waals surface area contributed by atoms with Crippen LogP contribution < -0.4 is 18.9 Å². The van der Waals surface area contributed by atoms with Gasteiger partial charge in [-0.15, -0.1) is 0 Å². The largest absolute Gasteiger partial charge is 0.502 e. The molecule has 2 aromatic rings. The van der Waals surface area contributed by atoms with Crippen molar-refractivity contribution in [1.29, 1.82) is 0 Å². The Balaban J connectivity index is 2.43. The first-order chi connectivity index (χ1) is 16.7. The summed E-state index contributed by atoms with van der Waals surface area (Å²) in [6, 6.07) is 9.01. The zero-order chi connectivity index (χ0) is 26.0. The van der Waals surface area contributed by atoms with E-state index in [1.807, 2.05) is 18.2 Å². The lowest BCUT2D eigenvalue weighted by Crippen LogP contribution is -2.29. The summed E-state index contributed by atoms with van der Waals surface area (Å²) in [7, 11) is 6.04. The molecule has 2 atom stereocenters. The fraction of sp³-hybridized carbons (Fsp3) is 0.462. The number of hydrogen-bond donors (Lipinski definition) is 1. The van der Waals surface area contributed by atoms with E-state index in [9.17, 15) is 14.7 Å². The smallest absolute Gasteiger partial charge is 0.302 e. The quantitative estimate of drug-likeness (QED) is 0.421. The molecule has 0 radical (unpaired) electrons. The summed E-state index contributed by atoms with van der Waals surface area (Å²) in [6.45, 7) is 2.94. The van der Waals surface area contributed by atoms with Gasteiger partial charge in [-0.05, 0) is 48.2 Å². The van der Waals surface area contributed by atoms with Crippen molar-refractivity contribution in [3.63, 3.8) is 0 Å². The standard InChI is InChI=1S/C26H34O9/c1-16(27)34-14-20(9-18-7-8-22(30-3)23(11-18)31-4)21(15-35-17(2)28)10-19-12-24(32-5)26(29)25(13-19)33-6/h7-8,11-13,20-21,29H,9-10,14-15H2,1-6H3/t20-,21-/m0/s1. The number of methoxy groups -OCH3 is 4. The normalized spacial score (nSPS) is 12.3. The van der Waals surface area contributed by atoms with Gasteiger partial charge < -0.3 is 33.5 Å². The first-order valence-electron chi connectivity index (χ1n) is 11.1. The van der Waals surface area contributed by atoms with Crippen molar-refractivity contribution in [1.82, 2.24) is 0 Å². The van der Waals surface area contributed by atoms with Crippen LogP contribution in [0.15, 0.2) is 30.3 Å². The van der Waals surface area contributed by atoms with E-state index in [0.717, 1.165) is 11.1 Å².